The van der Waals surface area contributed by atoms with Gasteiger partial charge in [0.05, 0.1) is 23.9 Å². The highest BCUT2D eigenvalue weighted by atomic mass is 19.1. The molecule has 32 heavy (non-hydrogen) atoms. The van der Waals surface area contributed by atoms with E-state index < -0.39 is 29.6 Å². The highest BCUT2D eigenvalue weighted by Crippen LogP contribution is 2.46. The third-order valence-corrected chi connectivity index (χ3v) is 6.08. The number of carbonyl (C=O) groups is 1. The van der Waals surface area contributed by atoms with Gasteiger partial charge in [-0.3, -0.25) is 0 Å². The number of ether oxygens (including phenoxy) is 1. The highest BCUT2D eigenvalue weighted by Gasteiger charge is 2.37. The van der Waals surface area contributed by atoms with E-state index >= 15 is 0 Å². The lowest BCUT2D eigenvalue weighted by Crippen LogP contribution is -2.44. The number of carbonyl (C=O) groups excluding carboxylic acids is 1. The maximum Gasteiger partial charge on any atom is 0.407 e. The van der Waals surface area contributed by atoms with E-state index in [4.69, 9.17) is 4.74 Å². The van der Waals surface area contributed by atoms with Crippen molar-refractivity contribution in [3.63, 3.8) is 0 Å². The second-order valence-electron chi connectivity index (χ2n) is 8.60. The van der Waals surface area contributed by atoms with Crippen LogP contribution in [-0.2, 0) is 4.74 Å². The SMILES string of the molecule is CC(C)[C@@H](CO)NC(=O)O[C@H]1C[C@H](c2c(-c3ccc(F)cc3)[nH]c3c(F)cc(F)cc32)C1. The Balaban J connectivity index is 1.57. The molecule has 0 saturated heterocycles. The first-order chi connectivity index (χ1) is 15.3. The number of hydrogen-bond donors (Lipinski definition) is 3. The van der Waals surface area contributed by atoms with Crippen molar-refractivity contribution in [2.24, 2.45) is 5.92 Å². The molecule has 170 valence electrons. The molecule has 3 N–H and O–H groups in total. The highest BCUT2D eigenvalue weighted by molar-refractivity contribution is 5.92. The Bertz CT molecular complexity index is 1120. The van der Waals surface area contributed by atoms with Crippen molar-refractivity contribution in [3.8, 4) is 11.3 Å². The number of amides is 1. The van der Waals surface area contributed by atoms with Crippen LogP contribution in [0.4, 0.5) is 18.0 Å². The molecule has 1 aliphatic rings. The number of H-pyrrole nitrogens is 1. The molecule has 1 atom stereocenters. The van der Waals surface area contributed by atoms with Crippen LogP contribution in [0.1, 0.15) is 38.2 Å². The van der Waals surface area contributed by atoms with Gasteiger partial charge in [-0.05, 0) is 66.1 Å². The van der Waals surface area contributed by atoms with Gasteiger partial charge >= 0.3 is 6.09 Å². The van der Waals surface area contributed by atoms with Crippen LogP contribution in [0.3, 0.4) is 0 Å². The molecule has 0 bridgehead atoms. The van der Waals surface area contributed by atoms with E-state index in [2.05, 4.69) is 10.3 Å². The lowest BCUT2D eigenvalue weighted by Gasteiger charge is -2.35. The standard InChI is InChI=1S/C24H25F3N2O3/c1-12(2)20(11-30)28-24(31)32-17-7-14(8-17)21-18-9-16(26)10-19(27)23(18)29-22(21)13-3-5-15(25)6-4-13/h3-6,9-10,12,14,17,20,29-30H,7-8,11H2,1-2H3,(H,28,31)/t14-,17-,20-/m1/s1. The van der Waals surface area contributed by atoms with Crippen LogP contribution >= 0.6 is 0 Å². The first-order valence-electron chi connectivity index (χ1n) is 10.6. The largest absolute Gasteiger partial charge is 0.446 e. The van der Waals surface area contributed by atoms with Crippen molar-refractivity contribution in [3.05, 3.63) is 59.4 Å². The Labute approximate surface area is 183 Å². The van der Waals surface area contributed by atoms with Gasteiger partial charge in [0.15, 0.2) is 0 Å². The average molecular weight is 446 g/mol. The number of halogens is 3. The third-order valence-electron chi connectivity index (χ3n) is 6.08. The number of benzene rings is 2. The molecule has 0 aliphatic heterocycles. The Morgan fingerprint density at radius 2 is 1.84 bits per heavy atom. The van der Waals surface area contributed by atoms with E-state index in [-0.39, 0.29) is 30.1 Å². The molecule has 1 heterocycles. The first-order valence-corrected chi connectivity index (χ1v) is 10.6. The molecular weight excluding hydrogens is 421 g/mol. The van der Waals surface area contributed by atoms with Crippen LogP contribution in [0.5, 0.6) is 0 Å². The van der Waals surface area contributed by atoms with Crippen molar-refractivity contribution in [1.29, 1.82) is 0 Å². The monoisotopic (exact) mass is 446 g/mol. The number of aromatic amines is 1. The maximum absolute atomic E-state index is 14.4. The van der Waals surface area contributed by atoms with Gasteiger partial charge in [-0.15, -0.1) is 0 Å². The Hall–Kier alpha value is -3.00. The molecule has 4 rings (SSSR count). The summed E-state index contributed by atoms with van der Waals surface area (Å²) in [5.74, 6) is -1.83. The quantitative estimate of drug-likeness (QED) is 0.485. The zero-order valence-corrected chi connectivity index (χ0v) is 17.8. The summed E-state index contributed by atoms with van der Waals surface area (Å²) < 4.78 is 47.3. The Morgan fingerprint density at radius 1 is 1.16 bits per heavy atom. The van der Waals surface area contributed by atoms with E-state index in [0.717, 1.165) is 11.6 Å². The number of hydrogen-bond acceptors (Lipinski definition) is 3. The lowest BCUT2D eigenvalue weighted by atomic mass is 9.75. The number of aromatic nitrogens is 1. The smallest absolute Gasteiger partial charge is 0.407 e. The number of aliphatic hydroxyl groups is 1. The molecule has 0 radical (unpaired) electrons. The molecule has 1 saturated carbocycles. The summed E-state index contributed by atoms with van der Waals surface area (Å²) in [5, 5.41) is 12.4. The van der Waals surface area contributed by atoms with E-state index in [9.17, 15) is 23.1 Å². The number of nitrogens with one attached hydrogen (secondary N) is 2. The van der Waals surface area contributed by atoms with Crippen LogP contribution in [0, 0.1) is 23.4 Å². The van der Waals surface area contributed by atoms with E-state index in [1.54, 1.807) is 12.1 Å². The van der Waals surface area contributed by atoms with Gasteiger partial charge in [-0.2, -0.15) is 0 Å². The molecule has 5 nitrogen and oxygen atoms in total. The molecule has 1 amide bonds. The van der Waals surface area contributed by atoms with Crippen molar-refractivity contribution >= 4 is 17.0 Å². The molecule has 0 unspecified atom stereocenters. The van der Waals surface area contributed by atoms with Crippen LogP contribution in [-0.4, -0.2) is 34.9 Å². The topological polar surface area (TPSA) is 74.3 Å². The fourth-order valence-corrected chi connectivity index (χ4v) is 4.17. The molecule has 1 aromatic heterocycles. The third kappa shape index (κ3) is 4.32. The van der Waals surface area contributed by atoms with Crippen molar-refractivity contribution < 1.29 is 27.8 Å². The van der Waals surface area contributed by atoms with Crippen molar-refractivity contribution in [2.45, 2.75) is 44.8 Å². The second-order valence-corrected chi connectivity index (χ2v) is 8.60. The number of fused-ring (bicyclic) bond motifs is 1. The van der Waals surface area contributed by atoms with Gasteiger partial charge in [-0.25, -0.2) is 18.0 Å². The average Bonchev–Trinajstić information content (AvgIpc) is 3.08. The molecule has 2 aromatic carbocycles. The van der Waals surface area contributed by atoms with Crippen LogP contribution in [0.15, 0.2) is 36.4 Å². The summed E-state index contributed by atoms with van der Waals surface area (Å²) in [7, 11) is 0. The summed E-state index contributed by atoms with van der Waals surface area (Å²) in [5.41, 5.74) is 2.16. The van der Waals surface area contributed by atoms with Crippen molar-refractivity contribution in [2.75, 3.05) is 6.61 Å². The van der Waals surface area contributed by atoms with Gasteiger partial charge in [0.25, 0.3) is 0 Å². The maximum atomic E-state index is 14.4. The minimum atomic E-state index is -0.704. The fourth-order valence-electron chi connectivity index (χ4n) is 4.17. The summed E-state index contributed by atoms with van der Waals surface area (Å²) in [6.07, 6.45) is 0.0167. The van der Waals surface area contributed by atoms with Gasteiger partial charge in [0.1, 0.15) is 23.6 Å². The van der Waals surface area contributed by atoms with Crippen LogP contribution in [0.25, 0.3) is 22.2 Å². The molecular formula is C24H25F3N2O3. The molecule has 1 aliphatic carbocycles. The molecule has 3 aromatic rings. The van der Waals surface area contributed by atoms with Gasteiger partial charge in [-0.1, -0.05) is 13.8 Å². The first kappa shape index (κ1) is 22.2. The van der Waals surface area contributed by atoms with E-state index in [0.29, 0.717) is 29.5 Å². The minimum absolute atomic E-state index is 0.0518. The number of rotatable bonds is 6. The molecule has 1 fully saturated rings. The predicted molar refractivity (Wildman–Crippen MR) is 115 cm³/mol. The summed E-state index contributed by atoms with van der Waals surface area (Å²) in [6.45, 7) is 3.58. The van der Waals surface area contributed by atoms with Crippen LogP contribution < -0.4 is 5.32 Å². The van der Waals surface area contributed by atoms with Gasteiger partial charge in [0.2, 0.25) is 0 Å². The fraction of sp³-hybridized carbons (Fsp3) is 0.375. The summed E-state index contributed by atoms with van der Waals surface area (Å²) >= 11 is 0. The van der Waals surface area contributed by atoms with Crippen LogP contribution in [0.2, 0.25) is 0 Å². The predicted octanol–water partition coefficient (Wildman–Crippen LogP) is 5.24. The second kappa shape index (κ2) is 8.86. The minimum Gasteiger partial charge on any atom is -0.446 e. The number of alkyl carbamates (subject to hydrolysis) is 1. The lowest BCUT2D eigenvalue weighted by molar-refractivity contribution is 0.0349. The Morgan fingerprint density at radius 3 is 2.47 bits per heavy atom. The van der Waals surface area contributed by atoms with Gasteiger partial charge < -0.3 is 20.1 Å². The molecule has 8 heteroatoms. The molecule has 0 spiro atoms. The zero-order valence-electron chi connectivity index (χ0n) is 17.8. The van der Waals surface area contributed by atoms with Crippen molar-refractivity contribution in [1.82, 2.24) is 10.3 Å². The van der Waals surface area contributed by atoms with E-state index in [1.165, 1.54) is 18.2 Å². The normalized spacial score (nSPS) is 19.1. The van der Waals surface area contributed by atoms with Gasteiger partial charge in [0, 0.05) is 11.5 Å². The summed E-state index contributed by atoms with van der Waals surface area (Å²) in [6, 6.07) is 7.49. The zero-order chi connectivity index (χ0) is 23.0. The number of aliphatic hydroxyl groups excluding tert-OH is 1. The summed E-state index contributed by atoms with van der Waals surface area (Å²) in [4.78, 5) is 15.2. The Kier molecular flexibility index (Phi) is 6.15. The van der Waals surface area contributed by atoms with E-state index in [1.807, 2.05) is 13.8 Å².